The molecule has 0 saturated carbocycles. The number of hydrazine groups is 1. The second-order valence-corrected chi connectivity index (χ2v) is 11.8. The normalized spacial score (nSPS) is 12.0. The maximum Gasteiger partial charge on any atom is 0.326 e. The number of hydrazone groups is 1. The molecule has 0 fully saturated rings. The highest BCUT2D eigenvalue weighted by atomic mass is 79.9. The van der Waals surface area contributed by atoms with E-state index in [0.717, 1.165) is 32.1 Å². The molecule has 9 N–H and O–H groups in total. The standard InChI is InChI=1S/C31H60BrN7O7/c32-24-29(41)35-19-15-14-16-26(31(43)44)37-30(42)25-46-23-22-45-21-20-36-28(40)18-13-11-9-7-5-3-1-2-4-6-8-10-12-17-27(38-33)39-34/h26H,1-25,33-34H2,(H,35,41)(H,36,40)(H,37,42)(H,38,39)(H,43,44). The molecule has 15 heteroatoms. The highest BCUT2D eigenvalue weighted by molar-refractivity contribution is 9.09. The third-order valence-electron chi connectivity index (χ3n) is 7.31. The molecule has 14 nitrogen and oxygen atoms in total. The molecule has 46 heavy (non-hydrogen) atoms. The monoisotopic (exact) mass is 721 g/mol. The first-order valence-electron chi connectivity index (χ1n) is 16.8. The number of amidine groups is 1. The number of unbranched alkanes of at least 4 members (excludes halogenated alkanes) is 13. The number of nitrogens with zero attached hydrogens (tertiary/aromatic N) is 1. The zero-order valence-corrected chi connectivity index (χ0v) is 29.2. The summed E-state index contributed by atoms with van der Waals surface area (Å²) < 4.78 is 10.7. The molecule has 0 spiro atoms. The first kappa shape index (κ1) is 43.5. The van der Waals surface area contributed by atoms with Gasteiger partial charge in [-0.2, -0.15) is 5.10 Å². The molecule has 0 bridgehead atoms. The second kappa shape index (κ2) is 32.5. The zero-order valence-electron chi connectivity index (χ0n) is 27.6. The van der Waals surface area contributed by atoms with Crippen molar-refractivity contribution in [3.63, 3.8) is 0 Å². The van der Waals surface area contributed by atoms with Gasteiger partial charge in [-0.1, -0.05) is 86.6 Å². The average molecular weight is 723 g/mol. The van der Waals surface area contributed by atoms with Gasteiger partial charge in [0.2, 0.25) is 17.7 Å². The summed E-state index contributed by atoms with van der Waals surface area (Å²) in [6.07, 6.45) is 18.2. The van der Waals surface area contributed by atoms with Crippen LogP contribution in [-0.2, 0) is 28.7 Å². The minimum atomic E-state index is -1.12. The second-order valence-electron chi connectivity index (χ2n) is 11.3. The van der Waals surface area contributed by atoms with Gasteiger partial charge in [0.05, 0.1) is 25.2 Å². The number of nitrogens with two attached hydrogens (primary N) is 2. The Morgan fingerprint density at radius 2 is 1.22 bits per heavy atom. The van der Waals surface area contributed by atoms with Crippen molar-refractivity contribution in [2.75, 3.05) is 44.8 Å². The molecule has 0 saturated heterocycles. The van der Waals surface area contributed by atoms with E-state index in [1.54, 1.807) is 0 Å². The summed E-state index contributed by atoms with van der Waals surface area (Å²) in [5.74, 6) is 9.45. The van der Waals surface area contributed by atoms with Crippen LogP contribution in [0.5, 0.6) is 0 Å². The van der Waals surface area contributed by atoms with Crippen LogP contribution in [0.2, 0.25) is 0 Å². The number of aliphatic carboxylic acids is 1. The van der Waals surface area contributed by atoms with Crippen molar-refractivity contribution in [1.82, 2.24) is 21.4 Å². The molecule has 0 radical (unpaired) electrons. The number of hydrogen-bond donors (Lipinski definition) is 7. The number of carbonyl (C=O) groups is 4. The molecule has 3 amide bonds. The molecule has 1 atom stereocenters. The van der Waals surface area contributed by atoms with E-state index in [-0.39, 0.29) is 43.4 Å². The molecule has 0 aliphatic rings. The predicted molar refractivity (Wildman–Crippen MR) is 183 cm³/mol. The molecule has 0 aliphatic heterocycles. The SMILES string of the molecule is N/N=C(/CCCCCCCCCCCCCCCC(=O)NCCOCCOCC(=O)NC(CCCCNC(=O)CBr)C(=O)O)NN. The molecular formula is C31H60BrN7O7. The van der Waals surface area contributed by atoms with Crippen molar-refractivity contribution in [2.45, 2.75) is 122 Å². The van der Waals surface area contributed by atoms with Crippen LogP contribution in [0.3, 0.4) is 0 Å². The molecule has 0 aromatic heterocycles. The largest absolute Gasteiger partial charge is 0.480 e. The fourth-order valence-corrected chi connectivity index (χ4v) is 4.87. The van der Waals surface area contributed by atoms with Gasteiger partial charge < -0.3 is 41.8 Å². The number of nitrogens with one attached hydrogen (secondary N) is 4. The Labute approximate surface area is 283 Å². The van der Waals surface area contributed by atoms with Crippen molar-refractivity contribution in [3.8, 4) is 0 Å². The van der Waals surface area contributed by atoms with E-state index in [2.05, 4.69) is 42.4 Å². The number of carboxylic acid groups (broad SMARTS) is 1. The van der Waals surface area contributed by atoms with E-state index in [0.29, 0.717) is 44.8 Å². The van der Waals surface area contributed by atoms with Crippen molar-refractivity contribution < 1.29 is 33.8 Å². The summed E-state index contributed by atoms with van der Waals surface area (Å²) in [6.45, 7) is 1.36. The Kier molecular flexibility index (Phi) is 30.7. The number of carbonyl (C=O) groups excluding carboxylic acids is 3. The minimum Gasteiger partial charge on any atom is -0.480 e. The third kappa shape index (κ3) is 28.9. The topological polar surface area (TPSA) is 219 Å². The lowest BCUT2D eigenvalue weighted by Gasteiger charge is -2.14. The lowest BCUT2D eigenvalue weighted by molar-refractivity contribution is -0.142. The van der Waals surface area contributed by atoms with Crippen LogP contribution in [0, 0.1) is 0 Å². The minimum absolute atomic E-state index is 0.0252. The summed E-state index contributed by atoms with van der Waals surface area (Å²) >= 11 is 3.05. The van der Waals surface area contributed by atoms with Crippen LogP contribution in [0.15, 0.2) is 5.10 Å². The highest BCUT2D eigenvalue weighted by Crippen LogP contribution is 2.13. The van der Waals surface area contributed by atoms with Crippen LogP contribution >= 0.6 is 15.9 Å². The zero-order chi connectivity index (χ0) is 34.1. The van der Waals surface area contributed by atoms with E-state index >= 15 is 0 Å². The number of rotatable bonds is 32. The van der Waals surface area contributed by atoms with Crippen molar-refractivity contribution in [1.29, 1.82) is 0 Å². The van der Waals surface area contributed by atoms with Crippen LogP contribution in [0.25, 0.3) is 0 Å². The van der Waals surface area contributed by atoms with E-state index in [4.69, 9.17) is 21.2 Å². The van der Waals surface area contributed by atoms with E-state index < -0.39 is 17.9 Å². The van der Waals surface area contributed by atoms with Gasteiger partial charge >= 0.3 is 5.97 Å². The summed E-state index contributed by atoms with van der Waals surface area (Å²) in [6, 6.07) is -1.01. The van der Waals surface area contributed by atoms with Crippen LogP contribution < -0.4 is 33.1 Å². The Bertz CT molecular complexity index is 837. The van der Waals surface area contributed by atoms with Gasteiger partial charge in [-0.25, -0.2) is 10.6 Å². The van der Waals surface area contributed by atoms with Gasteiger partial charge in [0.25, 0.3) is 0 Å². The molecule has 1 unspecified atom stereocenters. The quantitative estimate of drug-likeness (QED) is 0.0134. The Morgan fingerprint density at radius 1 is 0.674 bits per heavy atom. The smallest absolute Gasteiger partial charge is 0.326 e. The molecule has 0 aromatic rings. The number of halogens is 1. The van der Waals surface area contributed by atoms with Crippen LogP contribution in [0.4, 0.5) is 0 Å². The number of ether oxygens (including phenoxy) is 2. The molecule has 268 valence electrons. The maximum atomic E-state index is 12.0. The summed E-state index contributed by atoms with van der Waals surface area (Å²) in [5, 5.41) is 21.1. The van der Waals surface area contributed by atoms with Gasteiger partial charge in [0, 0.05) is 25.9 Å². The number of hydrogen-bond acceptors (Lipinski definition) is 9. The van der Waals surface area contributed by atoms with Crippen molar-refractivity contribution in [3.05, 3.63) is 0 Å². The number of carboxylic acids is 1. The summed E-state index contributed by atoms with van der Waals surface area (Å²) in [4.78, 5) is 46.5. The maximum absolute atomic E-state index is 12.0. The Morgan fingerprint density at radius 3 is 1.76 bits per heavy atom. The Balaban J connectivity index is 3.51. The fraction of sp³-hybridized carbons (Fsp3) is 0.839. The average Bonchev–Trinajstić information content (AvgIpc) is 3.04. The van der Waals surface area contributed by atoms with E-state index in [9.17, 15) is 24.3 Å². The van der Waals surface area contributed by atoms with Crippen LogP contribution in [0.1, 0.15) is 116 Å². The molecule has 0 heterocycles. The van der Waals surface area contributed by atoms with E-state index in [1.165, 1.54) is 57.8 Å². The molecule has 0 aliphatic carbocycles. The fourth-order valence-electron chi connectivity index (χ4n) is 4.67. The lowest BCUT2D eigenvalue weighted by atomic mass is 10.0. The summed E-state index contributed by atoms with van der Waals surface area (Å²) in [5.41, 5.74) is 2.51. The van der Waals surface area contributed by atoms with Gasteiger partial charge in [0.1, 0.15) is 18.5 Å². The van der Waals surface area contributed by atoms with Crippen molar-refractivity contribution in [2.24, 2.45) is 16.8 Å². The predicted octanol–water partition coefficient (Wildman–Crippen LogP) is 2.97. The molecule has 0 aromatic carbocycles. The van der Waals surface area contributed by atoms with Gasteiger partial charge in [-0.05, 0) is 32.1 Å². The first-order chi connectivity index (χ1) is 22.3. The summed E-state index contributed by atoms with van der Waals surface area (Å²) in [7, 11) is 0. The lowest BCUT2D eigenvalue weighted by Crippen LogP contribution is -2.42. The highest BCUT2D eigenvalue weighted by Gasteiger charge is 2.19. The van der Waals surface area contributed by atoms with Gasteiger partial charge in [0.15, 0.2) is 0 Å². The Hall–Kier alpha value is -2.49. The third-order valence-corrected chi connectivity index (χ3v) is 7.82. The number of amides is 3. The molecule has 0 rings (SSSR count). The van der Waals surface area contributed by atoms with E-state index in [1.807, 2.05) is 0 Å². The van der Waals surface area contributed by atoms with Crippen LogP contribution in [-0.4, -0.2) is 85.5 Å². The van der Waals surface area contributed by atoms with Gasteiger partial charge in [-0.15, -0.1) is 0 Å². The van der Waals surface area contributed by atoms with Crippen molar-refractivity contribution >= 4 is 45.5 Å². The van der Waals surface area contributed by atoms with Gasteiger partial charge in [-0.3, -0.25) is 14.4 Å². The molecular weight excluding hydrogens is 662 g/mol. The number of alkyl halides is 1. The first-order valence-corrected chi connectivity index (χ1v) is 18.0.